The van der Waals surface area contributed by atoms with Crippen molar-refractivity contribution in [1.82, 2.24) is 9.80 Å². The summed E-state index contributed by atoms with van der Waals surface area (Å²) in [7, 11) is -3.85. The van der Waals surface area contributed by atoms with Gasteiger partial charge in [-0.25, -0.2) is 12.8 Å². The maximum absolute atomic E-state index is 13.5. The van der Waals surface area contributed by atoms with Gasteiger partial charge in [-0.3, -0.25) is 14.4 Å². The molecule has 3 aromatic carbocycles. The van der Waals surface area contributed by atoms with Crippen molar-refractivity contribution >= 4 is 38.9 Å². The molecule has 2 fully saturated rings. The standard InChI is InChI=1S/C28H30ClFN4O3S/c29-22-5-10-25(11-6-22)38(36,37)31-24-9-12-27(26(19-24)28(35)34-13-1-2-14-34)33-17-15-32(16-18-33)20-21-3-7-23(30)8-4-21/h3-12,19,31H,1-2,13-18,20H2. The third-order valence-corrected chi connectivity index (χ3v) is 8.68. The van der Waals surface area contributed by atoms with E-state index >= 15 is 0 Å². The van der Waals surface area contributed by atoms with Crippen molar-refractivity contribution in [3.8, 4) is 0 Å². The minimum absolute atomic E-state index is 0.0845. The number of hydrogen-bond donors (Lipinski definition) is 1. The van der Waals surface area contributed by atoms with Crippen molar-refractivity contribution in [3.05, 3.63) is 88.7 Å². The number of amides is 1. The molecule has 7 nitrogen and oxygen atoms in total. The summed E-state index contributed by atoms with van der Waals surface area (Å²) in [5.74, 6) is -0.327. The summed E-state index contributed by atoms with van der Waals surface area (Å²) in [6, 6.07) is 17.7. The number of benzene rings is 3. The average Bonchev–Trinajstić information content (AvgIpc) is 3.45. The Balaban J connectivity index is 1.35. The lowest BCUT2D eigenvalue weighted by Gasteiger charge is -2.37. The van der Waals surface area contributed by atoms with Crippen molar-refractivity contribution in [2.45, 2.75) is 24.3 Å². The highest BCUT2D eigenvalue weighted by Gasteiger charge is 2.27. The van der Waals surface area contributed by atoms with E-state index in [4.69, 9.17) is 11.6 Å². The zero-order valence-corrected chi connectivity index (χ0v) is 22.5. The molecule has 2 saturated heterocycles. The molecule has 0 bridgehead atoms. The number of carbonyl (C=O) groups excluding carboxylic acids is 1. The Bertz CT molecular complexity index is 1390. The lowest BCUT2D eigenvalue weighted by Crippen LogP contribution is -2.46. The predicted molar refractivity (Wildman–Crippen MR) is 148 cm³/mol. The molecule has 10 heteroatoms. The molecule has 2 aliphatic rings. The molecular weight excluding hydrogens is 527 g/mol. The maximum atomic E-state index is 13.5. The minimum Gasteiger partial charge on any atom is -0.368 e. The first-order valence-electron chi connectivity index (χ1n) is 12.7. The van der Waals surface area contributed by atoms with Crippen molar-refractivity contribution < 1.29 is 17.6 Å². The van der Waals surface area contributed by atoms with Crippen molar-refractivity contribution in [3.63, 3.8) is 0 Å². The lowest BCUT2D eigenvalue weighted by atomic mass is 10.1. The number of anilines is 2. The van der Waals surface area contributed by atoms with Gasteiger partial charge in [0.25, 0.3) is 15.9 Å². The first-order chi connectivity index (χ1) is 18.3. The Morgan fingerprint density at radius 1 is 0.868 bits per heavy atom. The molecule has 3 aromatic rings. The number of nitrogens with zero attached hydrogens (tertiary/aromatic N) is 3. The van der Waals surface area contributed by atoms with Crippen LogP contribution in [0.25, 0.3) is 0 Å². The van der Waals surface area contributed by atoms with Crippen LogP contribution in [0.15, 0.2) is 71.6 Å². The van der Waals surface area contributed by atoms with Gasteiger partial charge in [0.15, 0.2) is 0 Å². The average molecular weight is 557 g/mol. The van der Waals surface area contributed by atoms with Gasteiger partial charge >= 0.3 is 0 Å². The fraction of sp³-hybridized carbons (Fsp3) is 0.321. The number of halogens is 2. The van der Waals surface area contributed by atoms with Crippen molar-refractivity contribution in [1.29, 1.82) is 0 Å². The van der Waals surface area contributed by atoms with Crippen molar-refractivity contribution in [2.75, 3.05) is 48.9 Å². The van der Waals surface area contributed by atoms with Gasteiger partial charge in [0.05, 0.1) is 10.5 Å². The summed E-state index contributed by atoms with van der Waals surface area (Å²) in [5.41, 5.74) is 2.69. The Kier molecular flexibility index (Phi) is 7.88. The predicted octanol–water partition coefficient (Wildman–Crippen LogP) is 4.84. The molecule has 5 rings (SSSR count). The minimum atomic E-state index is -3.85. The Hall–Kier alpha value is -3.14. The summed E-state index contributed by atoms with van der Waals surface area (Å²) in [6.07, 6.45) is 1.93. The first kappa shape index (κ1) is 26.5. The van der Waals surface area contributed by atoms with E-state index in [9.17, 15) is 17.6 Å². The fourth-order valence-electron chi connectivity index (χ4n) is 4.96. The molecule has 0 aromatic heterocycles. The van der Waals surface area contributed by atoms with Gasteiger partial charge in [-0.2, -0.15) is 0 Å². The van der Waals surface area contributed by atoms with E-state index in [0.717, 1.165) is 56.8 Å². The maximum Gasteiger partial charge on any atom is 0.261 e. The molecule has 0 aliphatic carbocycles. The summed E-state index contributed by atoms with van der Waals surface area (Å²) in [5, 5.41) is 0.449. The lowest BCUT2D eigenvalue weighted by molar-refractivity contribution is 0.0793. The number of carbonyl (C=O) groups is 1. The Morgan fingerprint density at radius 3 is 2.18 bits per heavy atom. The zero-order chi connectivity index (χ0) is 26.7. The number of nitrogens with one attached hydrogen (secondary N) is 1. The van der Waals surface area contributed by atoms with Crippen LogP contribution in [0.4, 0.5) is 15.8 Å². The first-order valence-corrected chi connectivity index (χ1v) is 14.6. The third-order valence-electron chi connectivity index (χ3n) is 7.03. The van der Waals surface area contributed by atoms with E-state index in [1.54, 1.807) is 24.3 Å². The molecule has 0 atom stereocenters. The summed E-state index contributed by atoms with van der Waals surface area (Å²) < 4.78 is 41.8. The summed E-state index contributed by atoms with van der Waals surface area (Å²) >= 11 is 5.91. The van der Waals surface area contributed by atoms with Gasteiger partial charge < -0.3 is 9.80 Å². The number of piperazine rings is 1. The van der Waals surface area contributed by atoms with Crippen LogP contribution in [-0.2, 0) is 16.6 Å². The van der Waals surface area contributed by atoms with E-state index in [0.29, 0.717) is 29.4 Å². The van der Waals surface area contributed by atoms with Gasteiger partial charge in [-0.1, -0.05) is 23.7 Å². The number of likely N-dealkylation sites (tertiary alicyclic amines) is 1. The summed E-state index contributed by atoms with van der Waals surface area (Å²) in [6.45, 7) is 5.15. The molecular formula is C28H30ClFN4O3S. The monoisotopic (exact) mass is 556 g/mol. The molecule has 0 unspecified atom stereocenters. The summed E-state index contributed by atoms with van der Waals surface area (Å²) in [4.78, 5) is 20.0. The molecule has 0 radical (unpaired) electrons. The number of hydrogen-bond acceptors (Lipinski definition) is 5. The van der Waals surface area contributed by atoms with Crippen molar-refractivity contribution in [2.24, 2.45) is 0 Å². The van der Waals surface area contributed by atoms with Crippen LogP contribution in [0.2, 0.25) is 5.02 Å². The third kappa shape index (κ3) is 6.11. The number of rotatable bonds is 7. The SMILES string of the molecule is O=C(c1cc(NS(=O)(=O)c2ccc(Cl)cc2)ccc1N1CCN(Cc2ccc(F)cc2)CC1)N1CCCC1. The molecule has 1 N–H and O–H groups in total. The molecule has 0 saturated carbocycles. The smallest absolute Gasteiger partial charge is 0.261 e. The Labute approximate surface area is 227 Å². The molecule has 38 heavy (non-hydrogen) atoms. The van der Waals surface area contributed by atoms with Gasteiger partial charge in [-0.05, 0) is 73.0 Å². The van der Waals surface area contributed by atoms with E-state index in [1.165, 1.54) is 36.4 Å². The number of sulfonamides is 1. The topological polar surface area (TPSA) is 73.0 Å². The van der Waals surface area contributed by atoms with E-state index in [-0.39, 0.29) is 16.6 Å². The molecule has 0 spiro atoms. The second-order valence-corrected chi connectivity index (χ2v) is 11.8. The highest BCUT2D eigenvalue weighted by Crippen LogP contribution is 2.29. The quantitative estimate of drug-likeness (QED) is 0.451. The largest absolute Gasteiger partial charge is 0.368 e. The normalized spacial score (nSPS) is 16.6. The van der Waals surface area contributed by atoms with Gasteiger partial charge in [0, 0.05) is 62.2 Å². The van der Waals surface area contributed by atoms with Gasteiger partial charge in [0.2, 0.25) is 0 Å². The molecule has 2 heterocycles. The van der Waals surface area contributed by atoms with Crippen LogP contribution in [0.3, 0.4) is 0 Å². The van der Waals surface area contributed by atoms with Crippen LogP contribution >= 0.6 is 11.6 Å². The zero-order valence-electron chi connectivity index (χ0n) is 20.9. The molecule has 1 amide bonds. The van der Waals surface area contributed by atoms with Gasteiger partial charge in [-0.15, -0.1) is 0 Å². The van der Waals surface area contributed by atoms with E-state index in [2.05, 4.69) is 14.5 Å². The Morgan fingerprint density at radius 2 is 1.53 bits per heavy atom. The fourth-order valence-corrected chi connectivity index (χ4v) is 6.14. The second-order valence-electron chi connectivity index (χ2n) is 9.68. The van der Waals surface area contributed by atoms with E-state index < -0.39 is 10.0 Å². The second kappa shape index (κ2) is 11.3. The van der Waals surface area contributed by atoms with Crippen LogP contribution < -0.4 is 9.62 Å². The van der Waals surface area contributed by atoms with Crippen LogP contribution in [0.1, 0.15) is 28.8 Å². The molecule has 200 valence electrons. The highest BCUT2D eigenvalue weighted by molar-refractivity contribution is 7.92. The molecule has 2 aliphatic heterocycles. The highest BCUT2D eigenvalue weighted by atomic mass is 35.5. The van der Waals surface area contributed by atoms with E-state index in [1.807, 2.05) is 11.0 Å². The van der Waals surface area contributed by atoms with Gasteiger partial charge in [0.1, 0.15) is 5.82 Å². The van der Waals surface area contributed by atoms with Crippen LogP contribution in [0.5, 0.6) is 0 Å². The van der Waals surface area contributed by atoms with Crippen LogP contribution in [-0.4, -0.2) is 63.4 Å². The van der Waals surface area contributed by atoms with Crippen LogP contribution in [0, 0.1) is 5.82 Å².